The number of likely N-dealkylation sites (N-methyl/N-ethyl adjacent to an activating group) is 1. The second kappa shape index (κ2) is 10.8. The van der Waals surface area contributed by atoms with Crippen molar-refractivity contribution in [3.63, 3.8) is 0 Å². The molecule has 1 aliphatic carbocycles. The monoisotopic (exact) mass is 628 g/mol. The van der Waals surface area contributed by atoms with E-state index < -0.39 is 57.9 Å². The van der Waals surface area contributed by atoms with Crippen LogP contribution < -0.4 is 15.4 Å². The molecule has 1 aromatic heterocycles. The molecule has 1 N–H and O–H groups in total. The van der Waals surface area contributed by atoms with Crippen molar-refractivity contribution in [2.75, 3.05) is 29.9 Å². The Morgan fingerprint density at radius 2 is 1.72 bits per heavy atom. The second-order valence-electron chi connectivity index (χ2n) is 12.2. The molecule has 0 radical (unpaired) electrons. The molecule has 4 aromatic rings. The third-order valence-corrected chi connectivity index (χ3v) is 9.70. The van der Waals surface area contributed by atoms with Gasteiger partial charge in [-0.3, -0.25) is 19.0 Å². The molecule has 0 bridgehead atoms. The van der Waals surface area contributed by atoms with Crippen molar-refractivity contribution >= 4 is 34.1 Å². The Kier molecular flexibility index (Phi) is 6.95. The summed E-state index contributed by atoms with van der Waals surface area (Å²) in [5.41, 5.74) is -1.26. The Bertz CT molecular complexity index is 2020. The van der Waals surface area contributed by atoms with Crippen LogP contribution in [0.15, 0.2) is 66.0 Å². The van der Waals surface area contributed by atoms with Crippen molar-refractivity contribution in [1.82, 2.24) is 9.47 Å². The van der Waals surface area contributed by atoms with Crippen LogP contribution in [0.4, 0.5) is 24.5 Å². The highest BCUT2D eigenvalue weighted by Gasteiger charge is 2.46. The molecule has 2 fully saturated rings. The van der Waals surface area contributed by atoms with Gasteiger partial charge in [-0.05, 0) is 61.6 Å². The molecular formula is C35H31F3N4O4. The van der Waals surface area contributed by atoms with Gasteiger partial charge >= 0.3 is 0 Å². The molecule has 46 heavy (non-hydrogen) atoms. The number of para-hydroxylation sites is 1. The number of hydrogen-bond acceptors (Lipinski definition) is 5. The number of amides is 2. The minimum atomic E-state index is -1.23. The topological polar surface area (TPSA) is 86.1 Å². The van der Waals surface area contributed by atoms with Crippen LogP contribution in [0, 0.1) is 17.5 Å². The van der Waals surface area contributed by atoms with E-state index in [1.165, 1.54) is 22.9 Å². The number of phenolic OH excluding ortho intramolecular Hbond substituents is 1. The van der Waals surface area contributed by atoms with Crippen LogP contribution in [0.1, 0.15) is 37.7 Å². The zero-order chi connectivity index (χ0) is 32.6. The van der Waals surface area contributed by atoms with Gasteiger partial charge < -0.3 is 19.8 Å². The van der Waals surface area contributed by atoms with Gasteiger partial charge in [-0.2, -0.15) is 0 Å². The van der Waals surface area contributed by atoms with Crippen molar-refractivity contribution in [2.24, 2.45) is 0 Å². The van der Waals surface area contributed by atoms with Crippen molar-refractivity contribution < 1.29 is 27.9 Å². The lowest BCUT2D eigenvalue weighted by molar-refractivity contribution is -0.130. The number of benzene rings is 3. The number of phenols is 1. The number of aromatic nitrogens is 1. The molecule has 0 unspecified atom stereocenters. The number of aromatic hydroxyl groups is 1. The Morgan fingerprint density at radius 3 is 2.39 bits per heavy atom. The highest BCUT2D eigenvalue weighted by Crippen LogP contribution is 2.47. The molecule has 11 heteroatoms. The first-order valence-electron chi connectivity index (χ1n) is 15.2. The quantitative estimate of drug-likeness (QED) is 0.297. The Labute approximate surface area is 262 Å². The molecule has 236 valence electrons. The largest absolute Gasteiger partial charge is 0.507 e. The van der Waals surface area contributed by atoms with E-state index in [1.54, 1.807) is 24.0 Å². The van der Waals surface area contributed by atoms with Gasteiger partial charge in [0, 0.05) is 25.0 Å². The highest BCUT2D eigenvalue weighted by molar-refractivity contribution is 6.13. The summed E-state index contributed by atoms with van der Waals surface area (Å²) < 4.78 is 49.7. The van der Waals surface area contributed by atoms with Gasteiger partial charge in [-0.15, -0.1) is 0 Å². The second-order valence-corrected chi connectivity index (χ2v) is 12.2. The maximum absolute atomic E-state index is 17.1. The molecule has 1 saturated heterocycles. The third kappa shape index (κ3) is 4.17. The lowest BCUT2D eigenvalue weighted by Gasteiger charge is -2.50. The smallest absolute Gasteiger partial charge is 0.281 e. The van der Waals surface area contributed by atoms with E-state index in [0.717, 1.165) is 53.7 Å². The van der Waals surface area contributed by atoms with Gasteiger partial charge in [0.2, 0.25) is 5.91 Å². The van der Waals surface area contributed by atoms with Crippen molar-refractivity contribution in [1.29, 1.82) is 0 Å². The van der Waals surface area contributed by atoms with Crippen LogP contribution in [0.3, 0.4) is 0 Å². The number of anilines is 2. The van der Waals surface area contributed by atoms with E-state index in [0.29, 0.717) is 5.69 Å². The van der Waals surface area contributed by atoms with Gasteiger partial charge in [0.15, 0.2) is 5.82 Å². The van der Waals surface area contributed by atoms with Gasteiger partial charge in [0.1, 0.15) is 29.1 Å². The van der Waals surface area contributed by atoms with Crippen LogP contribution in [-0.4, -0.2) is 58.6 Å². The maximum Gasteiger partial charge on any atom is 0.281 e. The predicted molar refractivity (Wildman–Crippen MR) is 169 cm³/mol. The number of nitrogens with zero attached hydrogens (tertiary/aromatic N) is 4. The van der Waals surface area contributed by atoms with Crippen LogP contribution in [0.2, 0.25) is 0 Å². The number of fused-ring (bicyclic) bond motifs is 5. The molecule has 2 atom stereocenters. The number of hydrogen-bond donors (Lipinski definition) is 1. The first-order chi connectivity index (χ1) is 22.0. The molecule has 8 nitrogen and oxygen atoms in total. The van der Waals surface area contributed by atoms with Crippen LogP contribution >= 0.6 is 0 Å². The Morgan fingerprint density at radius 1 is 0.978 bits per heavy atom. The molecular weight excluding hydrogens is 597 g/mol. The van der Waals surface area contributed by atoms with Gasteiger partial charge in [-0.25, -0.2) is 13.2 Å². The number of pyridine rings is 1. The zero-order valence-corrected chi connectivity index (χ0v) is 25.3. The lowest BCUT2D eigenvalue weighted by atomic mass is 9.79. The fourth-order valence-electron chi connectivity index (χ4n) is 7.20. The fraction of sp³-hybridized carbons (Fsp3) is 0.286. The number of piperazine rings is 1. The van der Waals surface area contributed by atoms with E-state index in [2.05, 4.69) is 6.58 Å². The van der Waals surface area contributed by atoms with Gasteiger partial charge in [0.05, 0.1) is 34.6 Å². The van der Waals surface area contributed by atoms with Gasteiger partial charge in [-0.1, -0.05) is 37.3 Å². The number of halogens is 3. The van der Waals surface area contributed by atoms with E-state index in [9.17, 15) is 19.5 Å². The fourth-order valence-corrected chi connectivity index (χ4v) is 7.20. The zero-order valence-electron chi connectivity index (χ0n) is 25.3. The number of rotatable bonds is 4. The maximum atomic E-state index is 17.1. The first kappa shape index (κ1) is 29.6. The van der Waals surface area contributed by atoms with Crippen molar-refractivity contribution in [3.8, 4) is 22.6 Å². The van der Waals surface area contributed by atoms with E-state index in [4.69, 9.17) is 0 Å². The summed E-state index contributed by atoms with van der Waals surface area (Å²) >= 11 is 0. The van der Waals surface area contributed by atoms with E-state index in [-0.39, 0.29) is 47.2 Å². The van der Waals surface area contributed by atoms with E-state index >= 15 is 13.2 Å². The van der Waals surface area contributed by atoms with E-state index in [1.807, 2.05) is 12.1 Å². The summed E-state index contributed by atoms with van der Waals surface area (Å²) in [5, 5.41) is 10.6. The number of carbonyl (C=O) groups excluding carboxylic acids is 2. The van der Waals surface area contributed by atoms with Crippen molar-refractivity contribution in [3.05, 3.63) is 94.6 Å². The minimum Gasteiger partial charge on any atom is -0.507 e. The summed E-state index contributed by atoms with van der Waals surface area (Å²) in [6, 6.07) is 10.1. The molecule has 2 aliphatic heterocycles. The summed E-state index contributed by atoms with van der Waals surface area (Å²) in [5.74, 6) is -4.81. The average molecular weight is 629 g/mol. The average Bonchev–Trinajstić information content (AvgIpc) is 3.00. The summed E-state index contributed by atoms with van der Waals surface area (Å²) in [7, 11) is 1.43. The third-order valence-electron chi connectivity index (χ3n) is 9.70. The molecule has 7 rings (SSSR count). The highest BCUT2D eigenvalue weighted by atomic mass is 19.1. The number of carbonyl (C=O) groups is 2. The predicted octanol–water partition coefficient (Wildman–Crippen LogP) is 5.62. The molecule has 0 spiro atoms. The van der Waals surface area contributed by atoms with Crippen LogP contribution in [0.5, 0.6) is 5.75 Å². The summed E-state index contributed by atoms with van der Waals surface area (Å²) in [4.78, 5) is 45.6. The molecule has 3 aliphatic rings. The Balaban J connectivity index is 1.61. The molecule has 2 amide bonds. The minimum absolute atomic E-state index is 0.00682. The van der Waals surface area contributed by atoms with Crippen molar-refractivity contribution in [2.45, 2.75) is 44.2 Å². The first-order valence-corrected chi connectivity index (χ1v) is 15.2. The molecule has 1 saturated carbocycles. The molecule has 3 heterocycles. The lowest BCUT2D eigenvalue weighted by Crippen LogP contribution is -2.66. The van der Waals surface area contributed by atoms with Crippen LogP contribution in [0.25, 0.3) is 27.7 Å². The normalized spacial score (nSPS) is 19.6. The Hall–Kier alpha value is -5.06. The summed E-state index contributed by atoms with van der Waals surface area (Å²) in [6.45, 7) is 5.39. The SMILES string of the molecule is C=CC(=O)N1C[C@@H]2C(=O)N(C)c3c(c4cc(F)c(-c5c(O)cccc5F)c(F)c4n(-c4ccccc4C4CCC4)c3=O)N2C[C@H]1C. The molecule has 3 aromatic carbocycles. The standard InChI is InChI=1S/C35H31F3N4O4/c1-4-27(44)40-17-25-34(45)39(3)33-32(41(25)16-18(40)2)21-15-23(37)29(28-22(36)12-8-14-26(28)43)30(38)31(21)42(35(33)46)24-13-6-5-11-20(24)19-9-7-10-19/h4-6,8,11-15,18-19,25,43H,1,7,9-10,16-17H2,2-3H3/t18-,25-/m1/s1. The van der Waals surface area contributed by atoms with Gasteiger partial charge in [0.25, 0.3) is 11.5 Å². The van der Waals surface area contributed by atoms with Crippen LogP contribution in [-0.2, 0) is 9.59 Å². The summed E-state index contributed by atoms with van der Waals surface area (Å²) in [6.07, 6.45) is 3.89.